The van der Waals surface area contributed by atoms with E-state index in [2.05, 4.69) is 0 Å². The molecule has 1 saturated heterocycles. The number of hydrogen-bond donors (Lipinski definition) is 0. The van der Waals surface area contributed by atoms with Gasteiger partial charge < -0.3 is 14.2 Å². The molecule has 1 heterocycles. The van der Waals surface area contributed by atoms with E-state index in [1.54, 1.807) is 13.0 Å². The lowest BCUT2D eigenvalue weighted by molar-refractivity contribution is 0.0101. The van der Waals surface area contributed by atoms with Gasteiger partial charge in [-0.3, -0.25) is 0 Å². The molecule has 0 N–H and O–H groups in total. The molecular weight excluding hydrogens is 294 g/mol. The minimum absolute atomic E-state index is 0.103. The molecule has 0 saturated carbocycles. The summed E-state index contributed by atoms with van der Waals surface area (Å²) < 4.78 is 42.8. The Morgan fingerprint density at radius 1 is 1.24 bits per heavy atom. The Hall–Kier alpha value is -1.31. The first kappa shape index (κ1) is 16.1. The zero-order chi connectivity index (χ0) is 15.6. The van der Waals surface area contributed by atoms with E-state index < -0.39 is 10.0 Å². The average Bonchev–Trinajstić information content (AvgIpc) is 2.46. The first-order valence-electron chi connectivity index (χ1n) is 6.74. The summed E-state index contributed by atoms with van der Waals surface area (Å²) in [6.07, 6.45) is -0.103. The van der Waals surface area contributed by atoms with Gasteiger partial charge >= 0.3 is 0 Å². The van der Waals surface area contributed by atoms with Crippen molar-refractivity contribution in [2.75, 3.05) is 33.9 Å². The first-order valence-corrected chi connectivity index (χ1v) is 8.18. The van der Waals surface area contributed by atoms with Crippen LogP contribution in [-0.2, 0) is 14.8 Å². The van der Waals surface area contributed by atoms with E-state index in [1.807, 2.05) is 6.92 Å². The largest absolute Gasteiger partial charge is 0.493 e. The fraction of sp³-hybridized carbons (Fsp3) is 0.571. The summed E-state index contributed by atoms with van der Waals surface area (Å²) in [7, 11) is -0.556. The van der Waals surface area contributed by atoms with Crippen LogP contribution in [0.1, 0.15) is 12.5 Å². The van der Waals surface area contributed by atoms with Gasteiger partial charge in [0.25, 0.3) is 0 Å². The van der Waals surface area contributed by atoms with Crippen molar-refractivity contribution in [1.29, 1.82) is 0 Å². The fourth-order valence-corrected chi connectivity index (χ4v) is 4.10. The quantitative estimate of drug-likeness (QED) is 0.841. The van der Waals surface area contributed by atoms with Gasteiger partial charge in [0, 0.05) is 19.2 Å². The fourth-order valence-electron chi connectivity index (χ4n) is 2.38. The summed E-state index contributed by atoms with van der Waals surface area (Å²) in [6, 6.07) is 3.19. The molecule has 1 aliphatic heterocycles. The number of nitrogens with zero attached hydrogens (tertiary/aromatic N) is 1. The molecule has 0 spiro atoms. The number of morpholine rings is 1. The molecule has 1 fully saturated rings. The van der Waals surface area contributed by atoms with Gasteiger partial charge in [-0.1, -0.05) is 0 Å². The zero-order valence-corrected chi connectivity index (χ0v) is 13.6. The van der Waals surface area contributed by atoms with Gasteiger partial charge in [0.2, 0.25) is 10.0 Å². The molecule has 0 aromatic heterocycles. The Morgan fingerprint density at radius 3 is 2.43 bits per heavy atom. The molecule has 118 valence electrons. The van der Waals surface area contributed by atoms with Crippen molar-refractivity contribution in [2.24, 2.45) is 0 Å². The summed E-state index contributed by atoms with van der Waals surface area (Å²) >= 11 is 0. The van der Waals surface area contributed by atoms with Crippen LogP contribution < -0.4 is 9.47 Å². The van der Waals surface area contributed by atoms with Crippen LogP contribution in [0.15, 0.2) is 17.0 Å². The summed E-state index contributed by atoms with van der Waals surface area (Å²) in [5, 5.41) is 0. The van der Waals surface area contributed by atoms with Crippen molar-refractivity contribution in [3.63, 3.8) is 0 Å². The summed E-state index contributed by atoms with van der Waals surface area (Å²) in [4.78, 5) is 0.245. The number of hydrogen-bond acceptors (Lipinski definition) is 5. The Morgan fingerprint density at radius 2 is 1.86 bits per heavy atom. The minimum atomic E-state index is -3.57. The Labute approximate surface area is 125 Å². The van der Waals surface area contributed by atoms with Gasteiger partial charge in [0.05, 0.1) is 31.8 Å². The van der Waals surface area contributed by atoms with Gasteiger partial charge in [-0.15, -0.1) is 0 Å². The maximum absolute atomic E-state index is 12.8. The lowest BCUT2D eigenvalue weighted by atomic mass is 10.2. The van der Waals surface area contributed by atoms with Crippen LogP contribution in [0.3, 0.4) is 0 Å². The van der Waals surface area contributed by atoms with E-state index >= 15 is 0 Å². The standard InChI is InChI=1S/C14H21NO5S/c1-10-7-12(18-3)13(19-4)8-14(10)21(16,17)15-5-6-20-11(2)9-15/h7-8,11H,5-6,9H2,1-4H3/t11-/m0/s1. The van der Waals surface area contributed by atoms with Crippen LogP contribution in [0.4, 0.5) is 0 Å². The molecule has 2 rings (SSSR count). The molecule has 1 atom stereocenters. The molecule has 7 heteroatoms. The highest BCUT2D eigenvalue weighted by Gasteiger charge is 2.31. The van der Waals surface area contributed by atoms with Crippen molar-refractivity contribution in [1.82, 2.24) is 4.31 Å². The van der Waals surface area contributed by atoms with E-state index in [0.717, 1.165) is 0 Å². The van der Waals surface area contributed by atoms with Crippen molar-refractivity contribution < 1.29 is 22.6 Å². The van der Waals surface area contributed by atoms with Gasteiger partial charge in [-0.05, 0) is 25.5 Å². The van der Waals surface area contributed by atoms with Crippen LogP contribution in [0.25, 0.3) is 0 Å². The lowest BCUT2D eigenvalue weighted by Crippen LogP contribution is -2.44. The number of ether oxygens (including phenoxy) is 3. The molecule has 0 amide bonds. The van der Waals surface area contributed by atoms with E-state index in [1.165, 1.54) is 24.6 Å². The van der Waals surface area contributed by atoms with E-state index in [-0.39, 0.29) is 11.0 Å². The molecule has 0 unspecified atom stereocenters. The normalized spacial score (nSPS) is 20.3. The Bertz CT molecular complexity index is 614. The van der Waals surface area contributed by atoms with Crippen molar-refractivity contribution in [3.05, 3.63) is 17.7 Å². The molecule has 1 aromatic carbocycles. The van der Waals surface area contributed by atoms with Crippen molar-refractivity contribution in [2.45, 2.75) is 24.8 Å². The maximum Gasteiger partial charge on any atom is 0.243 e. The first-order chi connectivity index (χ1) is 9.90. The summed E-state index contributed by atoms with van der Waals surface area (Å²) in [5.74, 6) is 0.923. The molecule has 1 aromatic rings. The molecule has 6 nitrogen and oxygen atoms in total. The van der Waals surface area contributed by atoms with Gasteiger partial charge in [0.15, 0.2) is 11.5 Å². The topological polar surface area (TPSA) is 65.1 Å². The highest BCUT2D eigenvalue weighted by Crippen LogP contribution is 2.33. The third-order valence-corrected chi connectivity index (χ3v) is 5.51. The van der Waals surface area contributed by atoms with Crippen LogP contribution >= 0.6 is 0 Å². The van der Waals surface area contributed by atoms with Gasteiger partial charge in [-0.2, -0.15) is 4.31 Å². The molecular formula is C14H21NO5S. The number of sulfonamides is 1. The Kier molecular flexibility index (Phi) is 4.75. The van der Waals surface area contributed by atoms with E-state index in [0.29, 0.717) is 36.8 Å². The van der Waals surface area contributed by atoms with Crippen molar-refractivity contribution >= 4 is 10.0 Å². The van der Waals surface area contributed by atoms with Crippen molar-refractivity contribution in [3.8, 4) is 11.5 Å². The predicted molar refractivity (Wildman–Crippen MR) is 78.5 cm³/mol. The SMILES string of the molecule is COc1cc(C)c(S(=O)(=O)N2CCO[C@@H](C)C2)cc1OC. The average molecular weight is 315 g/mol. The smallest absolute Gasteiger partial charge is 0.243 e. The van der Waals surface area contributed by atoms with E-state index in [4.69, 9.17) is 14.2 Å². The monoisotopic (exact) mass is 315 g/mol. The third kappa shape index (κ3) is 3.14. The second-order valence-electron chi connectivity index (χ2n) is 5.02. The van der Waals surface area contributed by atoms with Crippen LogP contribution in [0.5, 0.6) is 11.5 Å². The molecule has 1 aliphatic rings. The molecule has 21 heavy (non-hydrogen) atoms. The minimum Gasteiger partial charge on any atom is -0.493 e. The van der Waals surface area contributed by atoms with Gasteiger partial charge in [0.1, 0.15) is 0 Å². The van der Waals surface area contributed by atoms with Crippen LogP contribution in [0.2, 0.25) is 0 Å². The zero-order valence-electron chi connectivity index (χ0n) is 12.8. The van der Waals surface area contributed by atoms with E-state index in [9.17, 15) is 8.42 Å². The maximum atomic E-state index is 12.8. The summed E-state index contributed by atoms with van der Waals surface area (Å²) in [5.41, 5.74) is 0.631. The lowest BCUT2D eigenvalue weighted by Gasteiger charge is -2.30. The molecule has 0 bridgehead atoms. The number of aryl methyl sites for hydroxylation is 1. The number of benzene rings is 1. The van der Waals surface area contributed by atoms with Gasteiger partial charge in [-0.25, -0.2) is 8.42 Å². The number of rotatable bonds is 4. The highest BCUT2D eigenvalue weighted by molar-refractivity contribution is 7.89. The second kappa shape index (κ2) is 6.21. The summed E-state index contributed by atoms with van der Waals surface area (Å²) in [6.45, 7) is 4.74. The van der Waals surface area contributed by atoms with Crippen LogP contribution in [0, 0.1) is 6.92 Å². The van der Waals surface area contributed by atoms with Crippen LogP contribution in [-0.4, -0.2) is 52.7 Å². The predicted octanol–water partition coefficient (Wildman–Crippen LogP) is 1.42. The Balaban J connectivity index is 2.44. The third-order valence-electron chi connectivity index (χ3n) is 3.50. The second-order valence-corrected chi connectivity index (χ2v) is 6.92. The highest BCUT2D eigenvalue weighted by atomic mass is 32.2. The molecule has 0 aliphatic carbocycles. The molecule has 0 radical (unpaired) electrons. The number of methoxy groups -OCH3 is 2.